The smallest absolute Gasteiger partial charge is 0.257 e. The predicted molar refractivity (Wildman–Crippen MR) is 67.8 cm³/mol. The zero-order chi connectivity index (χ0) is 14.9. The Balaban J connectivity index is 2.17. The number of likely N-dealkylation sites (N-methyl/N-ethyl adjacent to an activating group) is 1. The number of hydrogen-bond acceptors (Lipinski definition) is 5. The van der Waals surface area contributed by atoms with Crippen LogP contribution in [0.3, 0.4) is 0 Å². The summed E-state index contributed by atoms with van der Waals surface area (Å²) in [7, 11) is 2.91. The third kappa shape index (κ3) is 2.35. The van der Waals surface area contributed by atoms with Crippen molar-refractivity contribution in [3.8, 4) is 0 Å². The number of rotatable bonds is 3. The number of amides is 3. The maximum absolute atomic E-state index is 12.0. The molecule has 0 radical (unpaired) electrons. The molecule has 2 aliphatic rings. The molecule has 1 N–H and O–H groups in total. The highest BCUT2D eigenvalue weighted by Gasteiger charge is 2.29. The second-order valence-electron chi connectivity index (χ2n) is 4.34. The van der Waals surface area contributed by atoms with E-state index in [-0.39, 0.29) is 18.0 Å². The highest BCUT2D eigenvalue weighted by atomic mass is 16.5. The van der Waals surface area contributed by atoms with Crippen LogP contribution in [0.1, 0.15) is 0 Å². The van der Waals surface area contributed by atoms with Crippen LogP contribution in [0.15, 0.2) is 35.3 Å². The summed E-state index contributed by atoms with van der Waals surface area (Å²) in [5.74, 6) is -0.954. The monoisotopic (exact) mass is 278 g/mol. The number of allylic oxidation sites excluding steroid dienone is 1. The molecule has 0 aromatic carbocycles. The lowest BCUT2D eigenvalue weighted by molar-refractivity contribution is -0.137. The molecule has 20 heavy (non-hydrogen) atoms. The van der Waals surface area contributed by atoms with Gasteiger partial charge in [0.25, 0.3) is 17.7 Å². The molecular formula is C13H14N2O5. The molecule has 0 saturated carbocycles. The van der Waals surface area contributed by atoms with Crippen LogP contribution in [-0.2, 0) is 19.1 Å². The van der Waals surface area contributed by atoms with Crippen molar-refractivity contribution < 1.29 is 24.2 Å². The second-order valence-corrected chi connectivity index (χ2v) is 4.34. The first-order valence-electron chi connectivity index (χ1n) is 5.89. The van der Waals surface area contributed by atoms with Gasteiger partial charge in [-0.1, -0.05) is 0 Å². The molecule has 3 amide bonds. The van der Waals surface area contributed by atoms with E-state index in [1.54, 1.807) is 0 Å². The molecule has 0 unspecified atom stereocenters. The Morgan fingerprint density at radius 3 is 2.65 bits per heavy atom. The second kappa shape index (κ2) is 5.30. The van der Waals surface area contributed by atoms with Gasteiger partial charge in [0, 0.05) is 30.5 Å². The molecule has 7 heteroatoms. The van der Waals surface area contributed by atoms with Crippen LogP contribution in [0.4, 0.5) is 0 Å². The van der Waals surface area contributed by atoms with Crippen LogP contribution in [-0.4, -0.2) is 59.9 Å². The Bertz CT molecular complexity index is 573. The topological polar surface area (TPSA) is 87.1 Å². The van der Waals surface area contributed by atoms with Crippen molar-refractivity contribution in [2.45, 2.75) is 0 Å². The fourth-order valence-corrected chi connectivity index (χ4v) is 1.93. The van der Waals surface area contributed by atoms with Crippen molar-refractivity contribution in [3.05, 3.63) is 35.3 Å². The van der Waals surface area contributed by atoms with E-state index in [4.69, 9.17) is 9.84 Å². The molecule has 0 aromatic heterocycles. The van der Waals surface area contributed by atoms with Gasteiger partial charge < -0.3 is 14.7 Å². The maximum atomic E-state index is 12.0. The average molecular weight is 278 g/mol. The third-order valence-electron chi connectivity index (χ3n) is 3.12. The summed E-state index contributed by atoms with van der Waals surface area (Å²) in [6.07, 6.45) is 3.85. The number of imide groups is 1. The van der Waals surface area contributed by atoms with Crippen LogP contribution >= 0.6 is 0 Å². The third-order valence-corrected chi connectivity index (χ3v) is 3.12. The van der Waals surface area contributed by atoms with Crippen LogP contribution in [0, 0.1) is 0 Å². The van der Waals surface area contributed by atoms with Crippen molar-refractivity contribution in [1.82, 2.24) is 9.80 Å². The highest BCUT2D eigenvalue weighted by Crippen LogP contribution is 2.20. The van der Waals surface area contributed by atoms with Gasteiger partial charge >= 0.3 is 0 Å². The normalized spacial score (nSPS) is 20.6. The minimum Gasteiger partial charge on any atom is -0.499 e. The molecule has 0 bridgehead atoms. The molecule has 0 atom stereocenters. The molecule has 2 aliphatic heterocycles. The zero-order valence-corrected chi connectivity index (χ0v) is 11.1. The first-order chi connectivity index (χ1) is 9.47. The summed E-state index contributed by atoms with van der Waals surface area (Å²) in [5.41, 5.74) is 0.540. The first-order valence-corrected chi connectivity index (χ1v) is 5.89. The van der Waals surface area contributed by atoms with Crippen LogP contribution < -0.4 is 0 Å². The molecule has 106 valence electrons. The van der Waals surface area contributed by atoms with Crippen LogP contribution in [0.5, 0.6) is 0 Å². The van der Waals surface area contributed by atoms with Gasteiger partial charge in [-0.25, -0.2) is 0 Å². The molecule has 0 aromatic rings. The summed E-state index contributed by atoms with van der Waals surface area (Å²) in [6, 6.07) is 0. The van der Waals surface area contributed by atoms with E-state index in [1.807, 2.05) is 0 Å². The number of aliphatic hydroxyl groups excluding tert-OH is 1. The lowest BCUT2D eigenvalue weighted by atomic mass is 10.3. The molecular weight excluding hydrogens is 264 g/mol. The summed E-state index contributed by atoms with van der Waals surface area (Å²) in [5, 5.41) is 9.01. The molecule has 7 nitrogen and oxygen atoms in total. The van der Waals surface area contributed by atoms with E-state index in [0.29, 0.717) is 11.5 Å². The van der Waals surface area contributed by atoms with Gasteiger partial charge in [-0.3, -0.25) is 19.3 Å². The van der Waals surface area contributed by atoms with Gasteiger partial charge in [0.05, 0.1) is 20.3 Å². The fourth-order valence-electron chi connectivity index (χ4n) is 1.93. The van der Waals surface area contributed by atoms with Crippen molar-refractivity contribution in [2.24, 2.45) is 0 Å². The summed E-state index contributed by atoms with van der Waals surface area (Å²) < 4.78 is 4.92. The van der Waals surface area contributed by atoms with Crippen molar-refractivity contribution in [1.29, 1.82) is 0 Å². The van der Waals surface area contributed by atoms with Crippen molar-refractivity contribution in [2.75, 3.05) is 27.3 Å². The minimum absolute atomic E-state index is 0.0756. The minimum atomic E-state index is -0.539. The van der Waals surface area contributed by atoms with Crippen molar-refractivity contribution >= 4 is 17.7 Å². The Morgan fingerprint density at radius 1 is 1.45 bits per heavy atom. The lowest BCUT2D eigenvalue weighted by Gasteiger charge is -2.14. The highest BCUT2D eigenvalue weighted by molar-refractivity contribution is 6.08. The number of carbonyl (C=O) groups is 3. The van der Waals surface area contributed by atoms with Crippen LogP contribution in [0.2, 0.25) is 0 Å². The van der Waals surface area contributed by atoms with Crippen molar-refractivity contribution in [3.63, 3.8) is 0 Å². The summed E-state index contributed by atoms with van der Waals surface area (Å²) in [4.78, 5) is 37.5. The average Bonchev–Trinajstić information content (AvgIpc) is 2.93. The Hall–Kier alpha value is -2.41. The molecule has 0 aliphatic carbocycles. The number of nitrogens with zero attached hydrogens (tertiary/aromatic N) is 2. The molecule has 2 heterocycles. The standard InChI is InChI=1S/C13H14N2O5/c1-14-9(3-8(7-16)13(14)19)4-11(17)15-6-10(20-2)5-12(15)18/h3-5,16H,6-7H2,1-2H3. The van der Waals surface area contributed by atoms with Gasteiger partial charge in [0.2, 0.25) is 0 Å². The Kier molecular flexibility index (Phi) is 3.71. The molecule has 2 rings (SSSR count). The largest absolute Gasteiger partial charge is 0.499 e. The van der Waals surface area contributed by atoms with E-state index in [2.05, 4.69) is 0 Å². The number of ether oxygens (including phenoxy) is 1. The fraction of sp³-hybridized carbons (Fsp3) is 0.308. The molecule has 0 spiro atoms. The number of hydrogen-bond donors (Lipinski definition) is 1. The van der Waals surface area contributed by atoms with Gasteiger partial charge in [-0.15, -0.1) is 0 Å². The van der Waals surface area contributed by atoms with E-state index < -0.39 is 18.4 Å². The Labute approximate surface area is 115 Å². The molecule has 0 saturated heterocycles. The Morgan fingerprint density at radius 2 is 2.15 bits per heavy atom. The first kappa shape index (κ1) is 14.0. The predicted octanol–water partition coefficient (Wildman–Crippen LogP) is -0.840. The van der Waals surface area contributed by atoms with Gasteiger partial charge in [0.1, 0.15) is 5.76 Å². The number of aliphatic hydroxyl groups is 1. The summed E-state index contributed by atoms with van der Waals surface area (Å²) >= 11 is 0. The van der Waals surface area contributed by atoms with E-state index in [9.17, 15) is 14.4 Å². The zero-order valence-electron chi connectivity index (χ0n) is 11.1. The van der Waals surface area contributed by atoms with Gasteiger partial charge in [-0.2, -0.15) is 0 Å². The van der Waals surface area contributed by atoms with Gasteiger partial charge in [0.15, 0.2) is 0 Å². The SMILES string of the molecule is COC1=CC(=O)N(C(=O)C=C2C=C(CO)C(=O)N2C)C1. The number of carbonyl (C=O) groups excluding carboxylic acids is 3. The molecule has 0 fully saturated rings. The number of methoxy groups -OCH3 is 1. The van der Waals surface area contributed by atoms with Crippen LogP contribution in [0.25, 0.3) is 0 Å². The quantitative estimate of drug-likeness (QED) is 0.680. The summed E-state index contributed by atoms with van der Waals surface area (Å²) in [6.45, 7) is -0.321. The van der Waals surface area contributed by atoms with Gasteiger partial charge in [-0.05, 0) is 6.08 Å². The van der Waals surface area contributed by atoms with E-state index in [0.717, 1.165) is 4.90 Å². The maximum Gasteiger partial charge on any atom is 0.257 e. The van der Waals surface area contributed by atoms with E-state index >= 15 is 0 Å². The van der Waals surface area contributed by atoms with E-state index in [1.165, 1.54) is 37.3 Å². The lowest BCUT2D eigenvalue weighted by Crippen LogP contribution is -2.32.